The summed E-state index contributed by atoms with van der Waals surface area (Å²) in [6.07, 6.45) is 0. The molecule has 0 fully saturated rings. The summed E-state index contributed by atoms with van der Waals surface area (Å²) < 4.78 is 56.5. The minimum Gasteiger partial charge on any atom is -0.380 e. The van der Waals surface area contributed by atoms with Gasteiger partial charge in [-0.05, 0) is 18.1 Å². The van der Waals surface area contributed by atoms with E-state index in [9.17, 15) is 22.4 Å². The fourth-order valence-corrected chi connectivity index (χ4v) is 3.78. The number of hydrogen-bond donors (Lipinski definition) is 2. The van der Waals surface area contributed by atoms with E-state index >= 15 is 0 Å². The fourth-order valence-electron chi connectivity index (χ4n) is 3.78. The fraction of sp³-hybridized carbons (Fsp3) is 0.263. The summed E-state index contributed by atoms with van der Waals surface area (Å²) in [5.41, 5.74) is -0.422. The summed E-state index contributed by atoms with van der Waals surface area (Å²) in [6.45, 7) is 3.66. The molecule has 0 saturated heterocycles. The molecule has 1 aliphatic heterocycles. The number of aromatic nitrogens is 2. The second-order valence-corrected chi connectivity index (χ2v) is 6.99. The van der Waals surface area contributed by atoms with Gasteiger partial charge in [0.2, 0.25) is 0 Å². The molecule has 2 heterocycles. The molecule has 2 aromatic carbocycles. The number of nitrogens with one attached hydrogen (secondary N) is 2. The topological polar surface area (TPSA) is 57.8 Å². The van der Waals surface area contributed by atoms with Crippen molar-refractivity contribution in [2.45, 2.75) is 25.8 Å². The van der Waals surface area contributed by atoms with Gasteiger partial charge in [0.05, 0.1) is 17.0 Å². The lowest BCUT2D eigenvalue weighted by Crippen LogP contribution is -2.38. The van der Waals surface area contributed by atoms with Crippen molar-refractivity contribution in [3.05, 3.63) is 69.1 Å². The van der Waals surface area contributed by atoms with Crippen molar-refractivity contribution in [1.29, 1.82) is 0 Å². The van der Waals surface area contributed by atoms with Gasteiger partial charge >= 0.3 is 0 Å². The first-order valence-corrected chi connectivity index (χ1v) is 8.40. The van der Waals surface area contributed by atoms with Gasteiger partial charge in [-0.3, -0.25) is 4.79 Å². The van der Waals surface area contributed by atoms with Gasteiger partial charge in [0.25, 0.3) is 5.56 Å². The van der Waals surface area contributed by atoms with Crippen LogP contribution in [0, 0.1) is 29.2 Å². The largest absolute Gasteiger partial charge is 0.380 e. The molecule has 0 bridgehead atoms. The van der Waals surface area contributed by atoms with Crippen LogP contribution in [-0.4, -0.2) is 16.2 Å². The van der Waals surface area contributed by atoms with E-state index in [1.54, 1.807) is 0 Å². The Hall–Kier alpha value is -2.90. The Morgan fingerprint density at radius 3 is 2.26 bits per heavy atom. The van der Waals surface area contributed by atoms with Crippen LogP contribution >= 0.6 is 0 Å². The lowest BCUT2D eigenvalue weighted by molar-refractivity contribution is 0.434. The molecule has 0 unspecified atom stereocenters. The molecule has 4 nitrogen and oxygen atoms in total. The summed E-state index contributed by atoms with van der Waals surface area (Å²) in [5.74, 6) is -4.82. The van der Waals surface area contributed by atoms with Gasteiger partial charge in [0.1, 0.15) is 23.3 Å². The van der Waals surface area contributed by atoms with E-state index in [0.717, 1.165) is 6.07 Å². The van der Waals surface area contributed by atoms with Crippen LogP contribution in [0.5, 0.6) is 0 Å². The summed E-state index contributed by atoms with van der Waals surface area (Å²) in [4.78, 5) is 12.1. The highest BCUT2D eigenvalue weighted by Crippen LogP contribution is 2.43. The highest BCUT2D eigenvalue weighted by molar-refractivity contribution is 5.97. The predicted molar refractivity (Wildman–Crippen MR) is 92.7 cm³/mol. The number of hydrogen-bond acceptors (Lipinski definition) is 3. The predicted octanol–water partition coefficient (Wildman–Crippen LogP) is 4.06. The van der Waals surface area contributed by atoms with Crippen LogP contribution < -0.4 is 10.9 Å². The van der Waals surface area contributed by atoms with Crippen molar-refractivity contribution in [2.75, 3.05) is 5.32 Å². The summed E-state index contributed by atoms with van der Waals surface area (Å²) in [5, 5.41) is 9.72. The number of halogens is 4. The first-order chi connectivity index (χ1) is 12.8. The van der Waals surface area contributed by atoms with Gasteiger partial charge in [0, 0.05) is 34.8 Å². The van der Waals surface area contributed by atoms with Crippen molar-refractivity contribution < 1.29 is 17.6 Å². The zero-order valence-electron chi connectivity index (χ0n) is 14.4. The molecule has 0 aliphatic carbocycles. The average molecular weight is 377 g/mol. The highest BCUT2D eigenvalue weighted by Gasteiger charge is 2.39. The van der Waals surface area contributed by atoms with Crippen LogP contribution in [0.25, 0.3) is 10.8 Å². The minimum atomic E-state index is -1.04. The number of aromatic amines is 1. The normalized spacial score (nSPS) is 18.8. The molecule has 0 spiro atoms. The number of anilines is 1. The quantitative estimate of drug-likeness (QED) is 0.662. The van der Waals surface area contributed by atoms with E-state index in [1.165, 1.54) is 6.07 Å². The Kier molecular flexibility index (Phi) is 3.94. The van der Waals surface area contributed by atoms with Gasteiger partial charge < -0.3 is 5.32 Å². The molecule has 140 valence electrons. The number of H-pyrrole nitrogens is 1. The molecule has 2 atom stereocenters. The molecule has 0 amide bonds. The smallest absolute Gasteiger partial charge is 0.272 e. The van der Waals surface area contributed by atoms with Gasteiger partial charge in [-0.2, -0.15) is 5.10 Å². The Bertz CT molecular complexity index is 1100. The van der Waals surface area contributed by atoms with Gasteiger partial charge in [-0.25, -0.2) is 22.7 Å². The molecule has 8 heteroatoms. The molecule has 0 radical (unpaired) electrons. The summed E-state index contributed by atoms with van der Waals surface area (Å²) >= 11 is 0. The molecule has 3 aromatic rings. The standard InChI is InChI=1S/C19H15F4N3O/c1-7(2)17-16(15-11(22)4-9(21)5-12(15)23)18-14-10(19(27)26-25-18)3-8(20)6-13(14)24-17/h3-7,16-17,24H,1-2H3,(H,26,27)/t16-,17-/m0/s1. The maximum Gasteiger partial charge on any atom is 0.272 e. The minimum absolute atomic E-state index is 0.0256. The lowest BCUT2D eigenvalue weighted by Gasteiger charge is -2.37. The number of benzene rings is 2. The van der Waals surface area contributed by atoms with Crippen LogP contribution in [-0.2, 0) is 0 Å². The monoisotopic (exact) mass is 377 g/mol. The Morgan fingerprint density at radius 1 is 1.00 bits per heavy atom. The van der Waals surface area contributed by atoms with Crippen LogP contribution in [0.15, 0.2) is 29.1 Å². The Labute approximate surface area is 151 Å². The molecular formula is C19H15F4N3O. The molecule has 1 aliphatic rings. The molecule has 4 rings (SSSR count). The van der Waals surface area contributed by atoms with Crippen molar-refractivity contribution in [2.24, 2.45) is 5.92 Å². The van der Waals surface area contributed by atoms with Crippen molar-refractivity contribution in [3.63, 3.8) is 0 Å². The average Bonchev–Trinajstić information content (AvgIpc) is 2.57. The van der Waals surface area contributed by atoms with Gasteiger partial charge in [0.15, 0.2) is 0 Å². The zero-order valence-corrected chi connectivity index (χ0v) is 14.4. The van der Waals surface area contributed by atoms with E-state index in [0.29, 0.717) is 23.2 Å². The number of nitrogens with zero attached hydrogens (tertiary/aromatic N) is 1. The van der Waals surface area contributed by atoms with Crippen molar-refractivity contribution in [1.82, 2.24) is 10.2 Å². The Morgan fingerprint density at radius 2 is 1.63 bits per heavy atom. The van der Waals surface area contributed by atoms with E-state index in [-0.39, 0.29) is 22.6 Å². The summed E-state index contributed by atoms with van der Waals surface area (Å²) in [6, 6.07) is 2.93. The SMILES string of the molecule is CC(C)[C@@H]1Nc2cc(F)cc3c(=O)[nH]nc(c23)[C@H]1c1c(F)cc(F)cc1F. The zero-order chi connectivity index (χ0) is 19.5. The van der Waals surface area contributed by atoms with Gasteiger partial charge in [-0.1, -0.05) is 13.8 Å². The van der Waals surface area contributed by atoms with E-state index in [2.05, 4.69) is 15.5 Å². The molecule has 2 N–H and O–H groups in total. The first kappa shape index (κ1) is 17.5. The van der Waals surface area contributed by atoms with Crippen molar-refractivity contribution in [3.8, 4) is 0 Å². The van der Waals surface area contributed by atoms with Crippen LogP contribution in [0.3, 0.4) is 0 Å². The third-order valence-electron chi connectivity index (χ3n) is 4.93. The van der Waals surface area contributed by atoms with Gasteiger partial charge in [-0.15, -0.1) is 0 Å². The third-order valence-corrected chi connectivity index (χ3v) is 4.93. The lowest BCUT2D eigenvalue weighted by atomic mass is 9.78. The Balaban J connectivity index is 2.09. The molecule has 27 heavy (non-hydrogen) atoms. The van der Waals surface area contributed by atoms with E-state index in [1.807, 2.05) is 13.8 Å². The number of rotatable bonds is 2. The molecular weight excluding hydrogens is 362 g/mol. The molecule has 0 saturated carbocycles. The highest BCUT2D eigenvalue weighted by atomic mass is 19.1. The third kappa shape index (κ3) is 2.67. The van der Waals surface area contributed by atoms with E-state index in [4.69, 9.17) is 0 Å². The van der Waals surface area contributed by atoms with Crippen molar-refractivity contribution >= 4 is 16.5 Å². The first-order valence-electron chi connectivity index (χ1n) is 8.40. The second-order valence-electron chi connectivity index (χ2n) is 6.99. The second kappa shape index (κ2) is 6.07. The maximum absolute atomic E-state index is 14.6. The summed E-state index contributed by atoms with van der Waals surface area (Å²) in [7, 11) is 0. The van der Waals surface area contributed by atoms with E-state index < -0.39 is 40.8 Å². The molecule has 1 aromatic heterocycles. The maximum atomic E-state index is 14.6. The van der Waals surface area contributed by atoms with Crippen LogP contribution in [0.2, 0.25) is 0 Å². The van der Waals surface area contributed by atoms with Crippen LogP contribution in [0.4, 0.5) is 23.2 Å². The van der Waals surface area contributed by atoms with Crippen LogP contribution in [0.1, 0.15) is 31.0 Å².